The van der Waals surface area contributed by atoms with Crippen molar-refractivity contribution in [3.05, 3.63) is 17.8 Å². The van der Waals surface area contributed by atoms with E-state index in [0.29, 0.717) is 0 Å². The van der Waals surface area contributed by atoms with Crippen LogP contribution in [0, 0.1) is 0 Å². The number of nitrogens with zero attached hydrogens (tertiary/aromatic N) is 2. The summed E-state index contributed by atoms with van der Waals surface area (Å²) in [6.07, 6.45) is 1.13. The number of hydrogen-bond donors (Lipinski definition) is 1. The molecule has 1 N–H and O–H groups in total. The van der Waals surface area contributed by atoms with E-state index in [2.05, 4.69) is 4.98 Å². The van der Waals surface area contributed by atoms with Crippen molar-refractivity contribution in [2.75, 3.05) is 17.8 Å². The molecule has 1 atom stereocenters. The lowest BCUT2D eigenvalue weighted by molar-refractivity contribution is -0.165. The van der Waals surface area contributed by atoms with E-state index in [4.69, 9.17) is 9.84 Å². The number of aromatic carboxylic acids is 1. The molecular formula is C8H7N2O5P. The second-order valence-electron chi connectivity index (χ2n) is 3.06. The van der Waals surface area contributed by atoms with E-state index in [1.807, 2.05) is 0 Å². The molecule has 8 heteroatoms. The summed E-state index contributed by atoms with van der Waals surface area (Å²) in [5, 5.41) is 8.76. The van der Waals surface area contributed by atoms with Crippen molar-refractivity contribution in [3.8, 4) is 5.88 Å². The maximum atomic E-state index is 10.9. The summed E-state index contributed by atoms with van der Waals surface area (Å²) in [4.78, 5) is 25.4. The van der Waals surface area contributed by atoms with E-state index in [1.165, 1.54) is 6.07 Å². The van der Waals surface area contributed by atoms with Gasteiger partial charge in [0.05, 0.1) is 12.1 Å². The molecule has 0 saturated carbocycles. The van der Waals surface area contributed by atoms with Gasteiger partial charge < -0.3 is 14.7 Å². The van der Waals surface area contributed by atoms with Gasteiger partial charge in [0, 0.05) is 6.20 Å². The first-order chi connectivity index (χ1) is 7.59. The molecular weight excluding hydrogens is 235 g/mol. The lowest BCUT2D eigenvalue weighted by atomic mass is 10.2. The van der Waals surface area contributed by atoms with Crippen molar-refractivity contribution in [1.29, 1.82) is 0 Å². The summed E-state index contributed by atoms with van der Waals surface area (Å²) in [6.45, 7) is 0.367. The fourth-order valence-electron chi connectivity index (χ4n) is 1.37. The average Bonchev–Trinajstić information content (AvgIpc) is 2.27. The molecule has 0 spiro atoms. The lowest BCUT2D eigenvalue weighted by Crippen LogP contribution is -2.30. The Kier molecular flexibility index (Phi) is 2.72. The number of fused-ring (bicyclic) bond motifs is 1. The number of carbonyl (C=O) groups is 1. The maximum absolute atomic E-state index is 10.9. The predicted molar refractivity (Wildman–Crippen MR) is 51.6 cm³/mol. The predicted octanol–water partition coefficient (Wildman–Crippen LogP) is -0.00370. The molecule has 0 amide bonds. The Bertz CT molecular complexity index is 464. The van der Waals surface area contributed by atoms with E-state index < -0.39 is 14.1 Å². The number of aromatic nitrogens is 1. The molecule has 1 unspecified atom stereocenters. The molecule has 1 aromatic heterocycles. The van der Waals surface area contributed by atoms with Crippen LogP contribution in [-0.2, 0) is 4.57 Å². The molecule has 1 aliphatic heterocycles. The second-order valence-corrected chi connectivity index (χ2v) is 4.02. The second kappa shape index (κ2) is 4.03. The van der Waals surface area contributed by atoms with Crippen LogP contribution in [0.1, 0.15) is 10.4 Å². The highest BCUT2D eigenvalue weighted by atomic mass is 31.1. The number of rotatable bonds is 2. The Labute approximate surface area is 91.2 Å². The zero-order valence-electron chi connectivity index (χ0n) is 7.99. The molecule has 7 nitrogen and oxygen atoms in total. The molecule has 1 aromatic rings. The zero-order chi connectivity index (χ0) is 11.7. The number of ether oxygens (including phenoxy) is 1. The van der Waals surface area contributed by atoms with Crippen LogP contribution >= 0.6 is 8.18 Å². The molecule has 1 aliphatic rings. The molecule has 84 valence electrons. The van der Waals surface area contributed by atoms with Crippen LogP contribution in [0.4, 0.5) is 5.69 Å². The van der Waals surface area contributed by atoms with Crippen LogP contribution in [0.15, 0.2) is 12.3 Å². The summed E-state index contributed by atoms with van der Waals surface area (Å²) < 4.78 is 17.1. The monoisotopic (exact) mass is 242 g/mol. The molecule has 0 bridgehead atoms. The number of pyridine rings is 1. The Balaban J connectivity index is 2.48. The third kappa shape index (κ3) is 1.82. The standard InChI is InChI=1S/C8H7N2O5P/c11-8(12)5-3-6-7(9-4-5)15-2-1-10(6)16(13)14/h3-4H,1-2H2,(H,11,12). The van der Waals surface area contributed by atoms with Gasteiger partial charge in [0.15, 0.2) is 0 Å². The van der Waals surface area contributed by atoms with E-state index in [9.17, 15) is 14.3 Å². The minimum Gasteiger partial charge on any atom is -0.573 e. The summed E-state index contributed by atoms with van der Waals surface area (Å²) >= 11 is 0. The van der Waals surface area contributed by atoms with E-state index >= 15 is 0 Å². The van der Waals surface area contributed by atoms with Crippen molar-refractivity contribution >= 4 is 19.8 Å². The Morgan fingerprint density at radius 3 is 3.06 bits per heavy atom. The largest absolute Gasteiger partial charge is 0.573 e. The van der Waals surface area contributed by atoms with Gasteiger partial charge in [-0.25, -0.2) is 9.78 Å². The summed E-state index contributed by atoms with van der Waals surface area (Å²) in [5.41, 5.74) is 0.0911. The van der Waals surface area contributed by atoms with Crippen molar-refractivity contribution in [1.82, 2.24) is 4.98 Å². The number of carboxylic acid groups (broad SMARTS) is 1. The number of hydrogen-bond acceptors (Lipinski definition) is 5. The molecule has 0 radical (unpaired) electrons. The molecule has 0 fully saturated rings. The first kappa shape index (κ1) is 10.8. The summed E-state index contributed by atoms with van der Waals surface area (Å²) in [5.74, 6) is -1.03. The number of carboxylic acids is 1. The maximum Gasteiger partial charge on any atom is 0.440 e. The van der Waals surface area contributed by atoms with Gasteiger partial charge in [-0.1, -0.05) is 0 Å². The van der Waals surface area contributed by atoms with Gasteiger partial charge in [0.25, 0.3) is 0 Å². The van der Waals surface area contributed by atoms with Gasteiger partial charge in [-0.05, 0) is 10.6 Å². The fraction of sp³-hybridized carbons (Fsp3) is 0.250. The smallest absolute Gasteiger partial charge is 0.440 e. The summed E-state index contributed by atoms with van der Waals surface area (Å²) in [7, 11) is -2.82. The van der Waals surface area contributed by atoms with Gasteiger partial charge in [-0.15, -0.1) is 0 Å². The normalized spacial score (nSPS) is 15.1. The van der Waals surface area contributed by atoms with Gasteiger partial charge in [0.2, 0.25) is 5.88 Å². The van der Waals surface area contributed by atoms with Crippen LogP contribution in [0.25, 0.3) is 0 Å². The van der Waals surface area contributed by atoms with E-state index in [1.54, 1.807) is 0 Å². The molecule has 0 saturated heterocycles. The van der Waals surface area contributed by atoms with Crippen molar-refractivity contribution in [2.45, 2.75) is 0 Å². The molecule has 2 rings (SSSR count). The highest BCUT2D eigenvalue weighted by molar-refractivity contribution is 7.38. The fourth-order valence-corrected chi connectivity index (χ4v) is 1.94. The topological polar surface area (TPSA) is 103 Å². The van der Waals surface area contributed by atoms with Crippen LogP contribution < -0.4 is 14.3 Å². The molecule has 16 heavy (non-hydrogen) atoms. The molecule has 0 aliphatic carbocycles. The Morgan fingerprint density at radius 1 is 1.69 bits per heavy atom. The highest BCUT2D eigenvalue weighted by Gasteiger charge is 2.28. The Morgan fingerprint density at radius 2 is 2.44 bits per heavy atom. The average molecular weight is 242 g/mol. The summed E-state index contributed by atoms with van der Waals surface area (Å²) in [6, 6.07) is 1.23. The Hall–Kier alpha value is -1.72. The van der Waals surface area contributed by atoms with Gasteiger partial charge in [0.1, 0.15) is 12.3 Å². The van der Waals surface area contributed by atoms with Crippen molar-refractivity contribution in [2.24, 2.45) is 0 Å². The first-order valence-corrected chi connectivity index (χ1v) is 5.50. The van der Waals surface area contributed by atoms with Crippen LogP contribution in [0.2, 0.25) is 0 Å². The van der Waals surface area contributed by atoms with Crippen LogP contribution in [0.3, 0.4) is 0 Å². The van der Waals surface area contributed by atoms with E-state index in [0.717, 1.165) is 10.9 Å². The number of anilines is 1. The third-order valence-corrected chi connectivity index (χ3v) is 2.91. The van der Waals surface area contributed by atoms with Gasteiger partial charge >= 0.3 is 14.1 Å². The highest BCUT2D eigenvalue weighted by Crippen LogP contribution is 2.36. The zero-order valence-corrected chi connectivity index (χ0v) is 8.89. The quantitative estimate of drug-likeness (QED) is 0.727. The van der Waals surface area contributed by atoms with Crippen molar-refractivity contribution < 1.29 is 24.1 Å². The van der Waals surface area contributed by atoms with E-state index in [-0.39, 0.29) is 30.3 Å². The molecule has 0 aromatic carbocycles. The first-order valence-electron chi connectivity index (χ1n) is 4.37. The van der Waals surface area contributed by atoms with Crippen molar-refractivity contribution in [3.63, 3.8) is 0 Å². The van der Waals surface area contributed by atoms with Crippen LogP contribution in [0.5, 0.6) is 5.88 Å². The van der Waals surface area contributed by atoms with Gasteiger partial charge in [-0.2, -0.15) is 4.67 Å². The van der Waals surface area contributed by atoms with Gasteiger partial charge in [-0.3, -0.25) is 0 Å². The SMILES string of the molecule is O=C(O)c1cnc2c(c1)N([P+](=O)[O-])CCO2. The third-order valence-electron chi connectivity index (χ3n) is 2.10. The minimum atomic E-state index is -2.82. The molecule has 2 heterocycles. The minimum absolute atomic E-state index is 0.0777. The van der Waals surface area contributed by atoms with Crippen LogP contribution in [-0.4, -0.2) is 29.2 Å². The lowest BCUT2D eigenvalue weighted by Gasteiger charge is -2.22.